The van der Waals surface area contributed by atoms with Crippen molar-refractivity contribution in [3.05, 3.63) is 41.1 Å². The monoisotopic (exact) mass is 463 g/mol. The smallest absolute Gasteiger partial charge is 0.312 e. The Kier molecular flexibility index (Phi) is 6.50. The minimum absolute atomic E-state index is 0.00701. The molecule has 2 heterocycles. The molecule has 0 spiro atoms. The molecule has 1 unspecified atom stereocenters. The van der Waals surface area contributed by atoms with E-state index in [1.807, 2.05) is 51.4 Å². The molecule has 2 N–H and O–H groups in total. The largest absolute Gasteiger partial charge is 0.446 e. The summed E-state index contributed by atoms with van der Waals surface area (Å²) >= 11 is 0. The van der Waals surface area contributed by atoms with Crippen molar-refractivity contribution in [3.8, 4) is 17.3 Å². The first-order chi connectivity index (χ1) is 16.1. The number of benzene rings is 1. The van der Waals surface area contributed by atoms with Gasteiger partial charge in [0.05, 0.1) is 22.7 Å². The molecule has 1 amide bonds. The van der Waals surface area contributed by atoms with Gasteiger partial charge in [0.15, 0.2) is 6.23 Å². The first kappa shape index (κ1) is 24.0. The Morgan fingerprint density at radius 3 is 2.47 bits per heavy atom. The Hall–Kier alpha value is -3.18. The molecule has 8 heteroatoms. The average Bonchev–Trinajstić information content (AvgIpc) is 3.40. The summed E-state index contributed by atoms with van der Waals surface area (Å²) in [7, 11) is 0. The maximum Gasteiger partial charge on any atom is 0.312 e. The maximum absolute atomic E-state index is 13.6. The van der Waals surface area contributed by atoms with Gasteiger partial charge in [0, 0.05) is 36.2 Å². The maximum atomic E-state index is 13.6. The van der Waals surface area contributed by atoms with Crippen LogP contribution >= 0.6 is 0 Å². The van der Waals surface area contributed by atoms with E-state index >= 15 is 0 Å². The molecule has 2 fully saturated rings. The van der Waals surface area contributed by atoms with Crippen LogP contribution in [-0.2, 0) is 9.53 Å². The third-order valence-electron chi connectivity index (χ3n) is 6.21. The number of aromatic nitrogens is 2. The van der Waals surface area contributed by atoms with Crippen molar-refractivity contribution in [2.45, 2.75) is 78.1 Å². The van der Waals surface area contributed by atoms with Crippen LogP contribution in [0.1, 0.15) is 87.5 Å². The van der Waals surface area contributed by atoms with Crippen LogP contribution in [0.2, 0.25) is 0 Å². The van der Waals surface area contributed by atoms with Gasteiger partial charge in [-0.1, -0.05) is 12.1 Å². The zero-order chi connectivity index (χ0) is 24.6. The Balaban J connectivity index is 1.57. The first-order valence-electron chi connectivity index (χ1n) is 12.0. The first-order valence-corrected chi connectivity index (χ1v) is 12.0. The normalized spacial score (nSPS) is 20.3. The van der Waals surface area contributed by atoms with E-state index in [1.165, 1.54) is 0 Å². The zero-order valence-electron chi connectivity index (χ0n) is 20.5. The van der Waals surface area contributed by atoms with Crippen LogP contribution in [0.5, 0.6) is 0 Å². The van der Waals surface area contributed by atoms with Crippen molar-refractivity contribution in [2.75, 3.05) is 6.54 Å². The van der Waals surface area contributed by atoms with Gasteiger partial charge in [-0.2, -0.15) is 10.4 Å². The van der Waals surface area contributed by atoms with Crippen LogP contribution in [0.15, 0.2) is 24.3 Å². The molecule has 4 rings (SSSR count). The summed E-state index contributed by atoms with van der Waals surface area (Å²) in [6.07, 6.45) is 2.17. The quantitative estimate of drug-likeness (QED) is 0.629. The summed E-state index contributed by atoms with van der Waals surface area (Å²) in [6.45, 7) is 10.0. The van der Waals surface area contributed by atoms with E-state index in [0.29, 0.717) is 30.1 Å². The fraction of sp³-hybridized carbons (Fsp3) is 0.538. The molecule has 8 nitrogen and oxygen atoms in total. The van der Waals surface area contributed by atoms with Crippen LogP contribution in [-0.4, -0.2) is 40.5 Å². The summed E-state index contributed by atoms with van der Waals surface area (Å²) in [5, 5.41) is 20.3. The minimum atomic E-state index is -0.576. The summed E-state index contributed by atoms with van der Waals surface area (Å²) in [5.74, 6) is -0.114. The van der Waals surface area contributed by atoms with Gasteiger partial charge in [0.25, 0.3) is 5.91 Å². The highest BCUT2D eigenvalue weighted by molar-refractivity contribution is 5.96. The number of hydrogen-bond acceptors (Lipinski definition) is 6. The molecule has 2 atom stereocenters. The van der Waals surface area contributed by atoms with Gasteiger partial charge >= 0.3 is 5.97 Å². The third kappa shape index (κ3) is 5.00. The second-order valence-electron chi connectivity index (χ2n) is 10.6. The zero-order valence-corrected chi connectivity index (χ0v) is 20.5. The standard InChI is InChI=1S/C26H33N5O3/c1-15(2)31-23(24(32)29-19-12-20(28-14-19)34-25(33)26(3,4)5)21(17-10-11-17)22(30-31)18-8-6-16(13-27)7-9-18/h6-9,15,17,19-20,28H,10-12,14H2,1-5H3,(H,29,32)/t19-,20?/m0/s1. The number of carbonyl (C=O) groups excluding carboxylic acids is 2. The van der Waals surface area contributed by atoms with E-state index in [1.54, 1.807) is 12.1 Å². The molecular formula is C26H33N5O3. The van der Waals surface area contributed by atoms with Gasteiger partial charge in [-0.05, 0) is 65.5 Å². The van der Waals surface area contributed by atoms with Crippen molar-refractivity contribution in [1.29, 1.82) is 5.26 Å². The van der Waals surface area contributed by atoms with E-state index in [2.05, 4.69) is 16.7 Å². The topological polar surface area (TPSA) is 109 Å². The molecule has 2 aromatic rings. The number of nitriles is 1. The van der Waals surface area contributed by atoms with Gasteiger partial charge in [-0.3, -0.25) is 19.6 Å². The lowest BCUT2D eigenvalue weighted by Gasteiger charge is -2.20. The second-order valence-corrected chi connectivity index (χ2v) is 10.6. The Bertz CT molecular complexity index is 1120. The lowest BCUT2D eigenvalue weighted by atomic mass is 9.97. The number of hydrogen-bond donors (Lipinski definition) is 2. The molecule has 180 valence electrons. The lowest BCUT2D eigenvalue weighted by molar-refractivity contribution is -0.159. The highest BCUT2D eigenvalue weighted by atomic mass is 16.6. The molecule has 34 heavy (non-hydrogen) atoms. The highest BCUT2D eigenvalue weighted by Gasteiger charge is 2.38. The van der Waals surface area contributed by atoms with Crippen LogP contribution in [0.3, 0.4) is 0 Å². The van der Waals surface area contributed by atoms with Crippen LogP contribution in [0.25, 0.3) is 11.3 Å². The molecule has 2 aliphatic rings. The number of carbonyl (C=O) groups is 2. The number of ether oxygens (including phenoxy) is 1. The Labute approximate surface area is 200 Å². The third-order valence-corrected chi connectivity index (χ3v) is 6.21. The summed E-state index contributed by atoms with van der Waals surface area (Å²) in [5.41, 5.74) is 3.32. The summed E-state index contributed by atoms with van der Waals surface area (Å²) < 4.78 is 7.38. The van der Waals surface area contributed by atoms with Crippen LogP contribution < -0.4 is 10.6 Å². The molecule has 1 saturated carbocycles. The van der Waals surface area contributed by atoms with Crippen molar-refractivity contribution in [2.24, 2.45) is 5.41 Å². The fourth-order valence-electron chi connectivity index (χ4n) is 4.18. The van der Waals surface area contributed by atoms with Crippen LogP contribution in [0, 0.1) is 16.7 Å². The van der Waals surface area contributed by atoms with Gasteiger partial charge in [-0.25, -0.2) is 0 Å². The van der Waals surface area contributed by atoms with Crippen molar-refractivity contribution >= 4 is 11.9 Å². The SMILES string of the molecule is CC(C)n1nc(-c2ccc(C#N)cc2)c(C2CC2)c1C(=O)N[C@@H]1CNC(OC(=O)C(C)(C)C)C1. The van der Waals surface area contributed by atoms with Crippen molar-refractivity contribution < 1.29 is 14.3 Å². The van der Waals surface area contributed by atoms with E-state index < -0.39 is 11.6 Å². The van der Waals surface area contributed by atoms with E-state index in [4.69, 9.17) is 15.1 Å². The van der Waals surface area contributed by atoms with E-state index in [9.17, 15) is 9.59 Å². The Morgan fingerprint density at radius 1 is 1.24 bits per heavy atom. The van der Waals surface area contributed by atoms with Gasteiger partial charge < -0.3 is 10.1 Å². The molecule has 1 aromatic carbocycles. The molecule has 0 bridgehead atoms. The van der Waals surface area contributed by atoms with Gasteiger partial charge in [-0.15, -0.1) is 0 Å². The van der Waals surface area contributed by atoms with Gasteiger partial charge in [0.2, 0.25) is 0 Å². The molecule has 1 aromatic heterocycles. The number of esters is 1. The molecule has 1 aliphatic heterocycles. The molecule has 1 saturated heterocycles. The second kappa shape index (κ2) is 9.22. The Morgan fingerprint density at radius 2 is 1.91 bits per heavy atom. The average molecular weight is 464 g/mol. The lowest BCUT2D eigenvalue weighted by Crippen LogP contribution is -2.38. The predicted molar refractivity (Wildman–Crippen MR) is 128 cm³/mol. The number of amides is 1. The van der Waals surface area contributed by atoms with Crippen LogP contribution in [0.4, 0.5) is 0 Å². The number of nitrogens with zero attached hydrogens (tertiary/aromatic N) is 3. The van der Waals surface area contributed by atoms with Gasteiger partial charge in [0.1, 0.15) is 5.69 Å². The molecule has 0 radical (unpaired) electrons. The predicted octanol–water partition coefficient (Wildman–Crippen LogP) is 3.89. The number of nitrogens with one attached hydrogen (secondary N) is 2. The van der Waals surface area contributed by atoms with Crippen molar-refractivity contribution in [3.63, 3.8) is 0 Å². The highest BCUT2D eigenvalue weighted by Crippen LogP contribution is 2.46. The minimum Gasteiger partial charge on any atom is -0.446 e. The molecule has 1 aliphatic carbocycles. The summed E-state index contributed by atoms with van der Waals surface area (Å²) in [6, 6.07) is 9.36. The van der Waals surface area contributed by atoms with E-state index in [-0.39, 0.29) is 24.0 Å². The summed E-state index contributed by atoms with van der Waals surface area (Å²) in [4.78, 5) is 25.8. The van der Waals surface area contributed by atoms with E-state index in [0.717, 1.165) is 29.7 Å². The number of rotatable bonds is 6. The van der Waals surface area contributed by atoms with Crippen molar-refractivity contribution in [1.82, 2.24) is 20.4 Å². The fourth-order valence-corrected chi connectivity index (χ4v) is 4.18. The molecular weight excluding hydrogens is 430 g/mol.